The first kappa shape index (κ1) is 20.7. The number of hydrogen-bond acceptors (Lipinski definition) is 5. The molecule has 31 heavy (non-hydrogen) atoms. The zero-order chi connectivity index (χ0) is 21.8. The van der Waals surface area contributed by atoms with Gasteiger partial charge in [-0.1, -0.05) is 48.5 Å². The van der Waals surface area contributed by atoms with Gasteiger partial charge in [0.25, 0.3) is 10.0 Å². The van der Waals surface area contributed by atoms with Gasteiger partial charge in [0.05, 0.1) is 38.2 Å². The Bertz CT molecular complexity index is 1310. The molecular formula is C24H22N2O4S. The molecule has 0 N–H and O–H groups in total. The highest BCUT2D eigenvalue weighted by Crippen LogP contribution is 2.34. The van der Waals surface area contributed by atoms with Crippen LogP contribution in [-0.2, 0) is 16.6 Å². The minimum atomic E-state index is -4.01. The predicted octanol–water partition coefficient (Wildman–Crippen LogP) is 4.65. The van der Waals surface area contributed by atoms with Crippen molar-refractivity contribution in [3.8, 4) is 11.5 Å². The van der Waals surface area contributed by atoms with E-state index in [9.17, 15) is 8.42 Å². The topological polar surface area (TPSA) is 68.7 Å². The Balaban J connectivity index is 1.89. The van der Waals surface area contributed by atoms with Crippen LogP contribution in [0.5, 0.6) is 11.5 Å². The lowest BCUT2D eigenvalue weighted by Crippen LogP contribution is -2.31. The molecule has 0 aliphatic rings. The predicted molar refractivity (Wildman–Crippen MR) is 121 cm³/mol. The summed E-state index contributed by atoms with van der Waals surface area (Å²) in [7, 11) is -1.07. The molecule has 0 aliphatic heterocycles. The van der Waals surface area contributed by atoms with E-state index in [-0.39, 0.29) is 17.2 Å². The van der Waals surface area contributed by atoms with Gasteiger partial charge in [0, 0.05) is 11.5 Å². The molecular weight excluding hydrogens is 412 g/mol. The largest absolute Gasteiger partial charge is 0.497 e. The van der Waals surface area contributed by atoms with Crippen molar-refractivity contribution in [3.05, 3.63) is 90.6 Å². The maximum absolute atomic E-state index is 13.9. The van der Waals surface area contributed by atoms with Gasteiger partial charge in [-0.25, -0.2) is 8.42 Å². The molecule has 7 heteroatoms. The second kappa shape index (κ2) is 8.65. The number of ether oxygens (including phenoxy) is 2. The number of sulfonamides is 1. The number of rotatable bonds is 7. The van der Waals surface area contributed by atoms with Gasteiger partial charge in [0.1, 0.15) is 16.4 Å². The van der Waals surface area contributed by atoms with E-state index in [1.165, 1.54) is 24.6 Å². The van der Waals surface area contributed by atoms with Crippen LogP contribution in [0.4, 0.5) is 5.69 Å². The molecule has 3 aromatic carbocycles. The molecule has 0 atom stereocenters. The Labute approximate surface area is 181 Å². The molecule has 4 rings (SSSR count). The Morgan fingerprint density at radius 1 is 0.871 bits per heavy atom. The molecule has 0 saturated heterocycles. The summed E-state index contributed by atoms with van der Waals surface area (Å²) < 4.78 is 39.7. The lowest BCUT2D eigenvalue weighted by molar-refractivity contribution is 0.392. The number of fused-ring (bicyclic) bond motifs is 1. The fraction of sp³-hybridized carbons (Fsp3) is 0.125. The second-order valence-corrected chi connectivity index (χ2v) is 8.73. The molecule has 158 valence electrons. The van der Waals surface area contributed by atoms with Crippen LogP contribution in [0.25, 0.3) is 10.9 Å². The molecule has 0 fully saturated rings. The third-order valence-electron chi connectivity index (χ3n) is 4.97. The summed E-state index contributed by atoms with van der Waals surface area (Å²) in [5.41, 5.74) is 2.11. The fourth-order valence-corrected chi connectivity index (χ4v) is 4.97. The Hall–Kier alpha value is -3.58. The lowest BCUT2D eigenvalue weighted by atomic mass is 10.2. The van der Waals surface area contributed by atoms with Gasteiger partial charge in [-0.05, 0) is 29.8 Å². The maximum atomic E-state index is 13.9. The normalized spacial score (nSPS) is 11.3. The van der Waals surface area contributed by atoms with Crippen LogP contribution in [-0.4, -0.2) is 27.6 Å². The van der Waals surface area contributed by atoms with Gasteiger partial charge in [-0.3, -0.25) is 9.29 Å². The highest BCUT2D eigenvalue weighted by atomic mass is 32.2. The van der Waals surface area contributed by atoms with Gasteiger partial charge >= 0.3 is 0 Å². The van der Waals surface area contributed by atoms with E-state index in [1.54, 1.807) is 18.3 Å². The van der Waals surface area contributed by atoms with Crippen LogP contribution in [0, 0.1) is 0 Å². The van der Waals surface area contributed by atoms with E-state index in [0.717, 1.165) is 16.5 Å². The SMILES string of the molecule is COc1ccc(OC)c(S(=O)(=O)N(Cc2ccccc2)c2cnc3ccccc3c2)c1. The lowest BCUT2D eigenvalue weighted by Gasteiger charge is -2.25. The van der Waals surface area contributed by atoms with Crippen molar-refractivity contribution >= 4 is 26.6 Å². The van der Waals surface area contributed by atoms with Crippen LogP contribution < -0.4 is 13.8 Å². The van der Waals surface area contributed by atoms with Gasteiger partial charge in [0.2, 0.25) is 0 Å². The zero-order valence-electron chi connectivity index (χ0n) is 17.2. The van der Waals surface area contributed by atoms with Crippen molar-refractivity contribution in [1.82, 2.24) is 4.98 Å². The Morgan fingerprint density at radius 2 is 1.61 bits per heavy atom. The van der Waals surface area contributed by atoms with E-state index in [1.807, 2.05) is 60.7 Å². The van der Waals surface area contributed by atoms with E-state index < -0.39 is 10.0 Å². The van der Waals surface area contributed by atoms with E-state index in [4.69, 9.17) is 9.47 Å². The number of nitrogens with zero attached hydrogens (tertiary/aromatic N) is 2. The summed E-state index contributed by atoms with van der Waals surface area (Å²) in [4.78, 5) is 4.49. The van der Waals surface area contributed by atoms with Gasteiger partial charge in [0.15, 0.2) is 0 Å². The summed E-state index contributed by atoms with van der Waals surface area (Å²) in [5, 5.41) is 0.853. The van der Waals surface area contributed by atoms with Crippen LogP contribution in [0.2, 0.25) is 0 Å². The number of benzene rings is 3. The van der Waals surface area contributed by atoms with Crippen molar-refractivity contribution in [3.63, 3.8) is 0 Å². The number of para-hydroxylation sites is 1. The summed E-state index contributed by atoms with van der Waals surface area (Å²) in [6, 6.07) is 23.6. The minimum Gasteiger partial charge on any atom is -0.497 e. The van der Waals surface area contributed by atoms with Crippen LogP contribution in [0.3, 0.4) is 0 Å². The molecule has 0 saturated carbocycles. The standard InChI is InChI=1S/C24H22N2O4S/c1-29-21-12-13-23(30-2)24(15-21)31(27,28)26(17-18-8-4-3-5-9-18)20-14-19-10-6-7-11-22(19)25-16-20/h3-16H,17H2,1-2H3. The smallest absolute Gasteiger partial charge is 0.268 e. The first-order chi connectivity index (χ1) is 15.0. The van der Waals surface area contributed by atoms with Gasteiger partial charge in [-0.15, -0.1) is 0 Å². The molecule has 0 unspecified atom stereocenters. The number of pyridine rings is 1. The summed E-state index contributed by atoms with van der Waals surface area (Å²) in [5.74, 6) is 0.670. The van der Waals surface area contributed by atoms with Gasteiger partial charge < -0.3 is 9.47 Å². The highest BCUT2D eigenvalue weighted by Gasteiger charge is 2.29. The minimum absolute atomic E-state index is 0.0263. The molecule has 0 radical (unpaired) electrons. The first-order valence-electron chi connectivity index (χ1n) is 9.66. The molecule has 4 aromatic rings. The van der Waals surface area contributed by atoms with Crippen molar-refractivity contribution < 1.29 is 17.9 Å². The molecule has 0 spiro atoms. The Morgan fingerprint density at radius 3 is 2.35 bits per heavy atom. The number of anilines is 1. The van der Waals surface area contributed by atoms with Crippen LogP contribution in [0.15, 0.2) is 90.0 Å². The molecule has 6 nitrogen and oxygen atoms in total. The first-order valence-corrected chi connectivity index (χ1v) is 11.1. The van der Waals surface area contributed by atoms with Crippen LogP contribution in [0.1, 0.15) is 5.56 Å². The summed E-state index contributed by atoms with van der Waals surface area (Å²) >= 11 is 0. The quantitative estimate of drug-likeness (QED) is 0.424. The maximum Gasteiger partial charge on any atom is 0.268 e. The van der Waals surface area contributed by atoms with E-state index in [0.29, 0.717) is 11.4 Å². The Kier molecular flexibility index (Phi) is 5.77. The van der Waals surface area contributed by atoms with Crippen molar-refractivity contribution in [2.75, 3.05) is 18.5 Å². The highest BCUT2D eigenvalue weighted by molar-refractivity contribution is 7.93. The monoisotopic (exact) mass is 434 g/mol. The molecule has 1 aromatic heterocycles. The van der Waals surface area contributed by atoms with Crippen molar-refractivity contribution in [1.29, 1.82) is 0 Å². The summed E-state index contributed by atoms with van der Waals surface area (Å²) in [6.45, 7) is 0.142. The summed E-state index contributed by atoms with van der Waals surface area (Å²) in [6.07, 6.45) is 1.58. The second-order valence-electron chi connectivity index (χ2n) is 6.90. The third kappa shape index (κ3) is 4.18. The van der Waals surface area contributed by atoms with Crippen molar-refractivity contribution in [2.45, 2.75) is 11.4 Å². The molecule has 0 aliphatic carbocycles. The number of hydrogen-bond donors (Lipinski definition) is 0. The average molecular weight is 435 g/mol. The molecule has 0 bridgehead atoms. The van der Waals surface area contributed by atoms with Gasteiger partial charge in [-0.2, -0.15) is 0 Å². The fourth-order valence-electron chi connectivity index (χ4n) is 3.36. The zero-order valence-corrected chi connectivity index (χ0v) is 18.0. The average Bonchev–Trinajstić information content (AvgIpc) is 2.82. The van der Waals surface area contributed by atoms with E-state index in [2.05, 4.69) is 4.98 Å². The molecule has 0 amide bonds. The molecule has 1 heterocycles. The number of methoxy groups -OCH3 is 2. The van der Waals surface area contributed by atoms with E-state index >= 15 is 0 Å². The third-order valence-corrected chi connectivity index (χ3v) is 6.77. The van der Waals surface area contributed by atoms with Crippen LogP contribution >= 0.6 is 0 Å². The van der Waals surface area contributed by atoms with Crippen molar-refractivity contribution in [2.24, 2.45) is 0 Å². The number of aromatic nitrogens is 1.